The van der Waals surface area contributed by atoms with Gasteiger partial charge < -0.3 is 9.47 Å². The number of rotatable bonds is 3. The Bertz CT molecular complexity index is 611. The molecule has 1 aliphatic carbocycles. The van der Waals surface area contributed by atoms with Gasteiger partial charge in [-0.1, -0.05) is 32.1 Å². The fourth-order valence-corrected chi connectivity index (χ4v) is 2.97. The maximum atomic E-state index is 12.1. The van der Waals surface area contributed by atoms with Gasteiger partial charge in [0, 0.05) is 12.0 Å². The molecule has 0 N–H and O–H groups in total. The van der Waals surface area contributed by atoms with Crippen LogP contribution in [0.2, 0.25) is 0 Å². The summed E-state index contributed by atoms with van der Waals surface area (Å²) in [6.45, 7) is 9.26. The lowest BCUT2D eigenvalue weighted by atomic mass is 9.85. The normalized spacial score (nSPS) is 32.1. The van der Waals surface area contributed by atoms with Gasteiger partial charge in [-0.2, -0.15) is 0 Å². The van der Waals surface area contributed by atoms with Crippen molar-refractivity contribution in [1.29, 1.82) is 0 Å². The lowest BCUT2D eigenvalue weighted by molar-refractivity contribution is -0.155. The molecule has 1 saturated heterocycles. The van der Waals surface area contributed by atoms with Gasteiger partial charge in [0.15, 0.2) is 0 Å². The third kappa shape index (κ3) is 4.02. The van der Waals surface area contributed by atoms with Gasteiger partial charge >= 0.3 is 11.9 Å². The molecule has 0 unspecified atom stereocenters. The van der Waals surface area contributed by atoms with Gasteiger partial charge in [-0.25, -0.2) is 4.79 Å². The smallest absolute Gasteiger partial charge is 0.334 e. The lowest BCUT2D eigenvalue weighted by Crippen LogP contribution is -2.34. The van der Waals surface area contributed by atoms with E-state index in [0.29, 0.717) is 12.0 Å². The van der Waals surface area contributed by atoms with Gasteiger partial charge in [-0.3, -0.25) is 9.59 Å². The Labute approximate surface area is 142 Å². The highest BCUT2D eigenvalue weighted by Gasteiger charge is 2.44. The fraction of sp³-hybridized carbons (Fsp3) is 0.526. The molecule has 5 nitrogen and oxygen atoms in total. The van der Waals surface area contributed by atoms with Crippen molar-refractivity contribution in [2.24, 2.45) is 11.8 Å². The zero-order valence-corrected chi connectivity index (χ0v) is 14.4. The minimum atomic E-state index is -0.651. The number of esters is 2. The zero-order valence-electron chi connectivity index (χ0n) is 14.4. The van der Waals surface area contributed by atoms with E-state index < -0.39 is 24.1 Å². The highest BCUT2D eigenvalue weighted by atomic mass is 16.6. The van der Waals surface area contributed by atoms with Crippen molar-refractivity contribution in [3.8, 4) is 0 Å². The van der Waals surface area contributed by atoms with Crippen molar-refractivity contribution in [2.75, 3.05) is 0 Å². The van der Waals surface area contributed by atoms with Gasteiger partial charge in [-0.15, -0.1) is 0 Å². The monoisotopic (exact) mass is 332 g/mol. The summed E-state index contributed by atoms with van der Waals surface area (Å²) in [6, 6.07) is 0. The molecule has 3 atom stereocenters. The first kappa shape index (κ1) is 18.2. The Hall–Kier alpha value is -2.17. The summed E-state index contributed by atoms with van der Waals surface area (Å²) in [5, 5.41) is 0. The molecule has 2 rings (SSSR count). The molecular formula is C19H24O5. The fourth-order valence-electron chi connectivity index (χ4n) is 2.97. The quantitative estimate of drug-likeness (QED) is 0.344. The summed E-state index contributed by atoms with van der Waals surface area (Å²) >= 11 is 0. The van der Waals surface area contributed by atoms with Crippen LogP contribution in [0, 0.1) is 11.8 Å². The highest BCUT2D eigenvalue weighted by Crippen LogP contribution is 2.36. The Kier molecular flexibility index (Phi) is 5.75. The van der Waals surface area contributed by atoms with Gasteiger partial charge in [0.25, 0.3) is 0 Å². The number of aldehydes is 1. The Balaban J connectivity index is 2.41. The van der Waals surface area contributed by atoms with Crippen LogP contribution in [-0.2, 0) is 23.9 Å². The van der Waals surface area contributed by atoms with Crippen LogP contribution in [0.15, 0.2) is 35.5 Å². The van der Waals surface area contributed by atoms with Crippen molar-refractivity contribution in [2.45, 2.75) is 52.2 Å². The molecule has 0 bridgehead atoms. The SMILES string of the molecule is C=C1C(=O)O[C@@H]2/C=C(/C)CC/C=C(\C=O)C[C@@H](OC(=O)C(C)C)[C@@H]12. The standard InChI is InChI=1S/C19H24O5/c1-11(2)18(21)23-16-9-14(10-20)7-5-6-12(3)8-15-17(16)13(4)19(22)24-15/h7-8,10-11,15-17H,4-6,9H2,1-3H3/b12-8-,14-7-/t15-,16-,17+/m1/s1. The number of allylic oxidation sites excluding steroid dienone is 2. The van der Waals surface area contributed by atoms with Crippen LogP contribution >= 0.6 is 0 Å². The molecule has 1 aliphatic heterocycles. The van der Waals surface area contributed by atoms with E-state index in [0.717, 1.165) is 18.3 Å². The number of ether oxygens (including phenoxy) is 2. The van der Waals surface area contributed by atoms with E-state index in [1.54, 1.807) is 13.8 Å². The minimum Gasteiger partial charge on any atom is -0.461 e. The molecular weight excluding hydrogens is 308 g/mol. The molecule has 0 aromatic rings. The summed E-state index contributed by atoms with van der Waals surface area (Å²) in [7, 11) is 0. The van der Waals surface area contributed by atoms with Crippen LogP contribution in [0.4, 0.5) is 0 Å². The number of fused-ring (bicyclic) bond motifs is 1. The first-order valence-corrected chi connectivity index (χ1v) is 8.25. The molecule has 0 aromatic heterocycles. The lowest BCUT2D eigenvalue weighted by Gasteiger charge is -2.27. The van der Waals surface area contributed by atoms with Crippen LogP contribution in [0.1, 0.15) is 40.0 Å². The first-order chi connectivity index (χ1) is 11.3. The van der Waals surface area contributed by atoms with E-state index in [1.807, 2.05) is 19.1 Å². The maximum Gasteiger partial charge on any atom is 0.334 e. The van der Waals surface area contributed by atoms with Crippen molar-refractivity contribution < 1.29 is 23.9 Å². The molecule has 0 aromatic carbocycles. The third-order valence-electron chi connectivity index (χ3n) is 4.38. The second-order valence-electron chi connectivity index (χ2n) is 6.70. The number of carbonyl (C=O) groups is 3. The van der Waals surface area contributed by atoms with Crippen LogP contribution in [0.5, 0.6) is 0 Å². The Morgan fingerprint density at radius 2 is 2.17 bits per heavy atom. The molecule has 5 heteroatoms. The van der Waals surface area contributed by atoms with Crippen molar-refractivity contribution >= 4 is 18.2 Å². The first-order valence-electron chi connectivity index (χ1n) is 8.25. The molecule has 0 spiro atoms. The Morgan fingerprint density at radius 1 is 1.46 bits per heavy atom. The zero-order chi connectivity index (χ0) is 17.9. The van der Waals surface area contributed by atoms with Gasteiger partial charge in [0.1, 0.15) is 18.5 Å². The van der Waals surface area contributed by atoms with Crippen LogP contribution in [0.25, 0.3) is 0 Å². The molecule has 0 saturated carbocycles. The molecule has 1 fully saturated rings. The molecule has 0 radical (unpaired) electrons. The van der Waals surface area contributed by atoms with Gasteiger partial charge in [0.2, 0.25) is 0 Å². The molecule has 0 amide bonds. The third-order valence-corrected chi connectivity index (χ3v) is 4.38. The van der Waals surface area contributed by atoms with Crippen LogP contribution < -0.4 is 0 Å². The van der Waals surface area contributed by atoms with E-state index in [4.69, 9.17) is 9.47 Å². The number of hydrogen-bond acceptors (Lipinski definition) is 5. The van der Waals surface area contributed by atoms with Gasteiger partial charge in [-0.05, 0) is 31.4 Å². The average Bonchev–Trinajstić information content (AvgIpc) is 2.79. The molecule has 24 heavy (non-hydrogen) atoms. The Morgan fingerprint density at radius 3 is 2.79 bits per heavy atom. The van der Waals surface area contributed by atoms with Gasteiger partial charge in [0.05, 0.1) is 11.8 Å². The number of carbonyl (C=O) groups excluding carboxylic acids is 3. The van der Waals surface area contributed by atoms with E-state index in [-0.39, 0.29) is 23.9 Å². The molecule has 130 valence electrons. The average molecular weight is 332 g/mol. The summed E-state index contributed by atoms with van der Waals surface area (Å²) < 4.78 is 11.0. The highest BCUT2D eigenvalue weighted by molar-refractivity contribution is 5.91. The molecule has 1 heterocycles. The van der Waals surface area contributed by atoms with E-state index in [9.17, 15) is 14.4 Å². The predicted octanol–water partition coefficient (Wildman–Crippen LogP) is 2.91. The van der Waals surface area contributed by atoms with Crippen molar-refractivity contribution in [1.82, 2.24) is 0 Å². The van der Waals surface area contributed by atoms with Crippen LogP contribution in [0.3, 0.4) is 0 Å². The topological polar surface area (TPSA) is 69.7 Å². The van der Waals surface area contributed by atoms with Crippen molar-refractivity contribution in [3.05, 3.63) is 35.5 Å². The largest absolute Gasteiger partial charge is 0.461 e. The second kappa shape index (κ2) is 7.60. The summed E-state index contributed by atoms with van der Waals surface area (Å²) in [5.41, 5.74) is 1.92. The van der Waals surface area contributed by atoms with E-state index >= 15 is 0 Å². The second-order valence-corrected chi connectivity index (χ2v) is 6.70. The van der Waals surface area contributed by atoms with Crippen LogP contribution in [-0.4, -0.2) is 30.4 Å². The minimum absolute atomic E-state index is 0.256. The molecule has 2 aliphatic rings. The summed E-state index contributed by atoms with van der Waals surface area (Å²) in [6.07, 6.45) is 5.13. The van der Waals surface area contributed by atoms with E-state index in [1.165, 1.54) is 0 Å². The maximum absolute atomic E-state index is 12.1. The number of hydrogen-bond donors (Lipinski definition) is 0. The van der Waals surface area contributed by atoms with E-state index in [2.05, 4.69) is 6.58 Å². The summed E-state index contributed by atoms with van der Waals surface area (Å²) in [5.74, 6) is -1.62. The summed E-state index contributed by atoms with van der Waals surface area (Å²) in [4.78, 5) is 35.4. The van der Waals surface area contributed by atoms with Crippen molar-refractivity contribution in [3.63, 3.8) is 0 Å². The predicted molar refractivity (Wildman–Crippen MR) is 89.0 cm³/mol.